The summed E-state index contributed by atoms with van der Waals surface area (Å²) < 4.78 is 63.4. The van der Waals surface area contributed by atoms with E-state index in [1.165, 1.54) is 6.33 Å². The number of anilines is 1. The lowest BCUT2D eigenvalue weighted by Gasteiger charge is -2.39. The first-order chi connectivity index (χ1) is 11.8. The molecule has 2 fully saturated rings. The Morgan fingerprint density at radius 2 is 1.96 bits per heavy atom. The van der Waals surface area contributed by atoms with E-state index < -0.39 is 21.6 Å². The number of nitrogens with one attached hydrogen (secondary N) is 1. The molecular weight excluding hydrogens is 359 g/mol. The minimum Gasteiger partial charge on any atom is -0.351 e. The number of sulfonamides is 1. The van der Waals surface area contributed by atoms with Gasteiger partial charge in [0, 0.05) is 31.4 Å². The molecule has 4 rings (SSSR count). The van der Waals surface area contributed by atoms with Crippen LogP contribution in [0.2, 0.25) is 0 Å². The molecule has 1 N–H and O–H groups in total. The smallest absolute Gasteiger partial charge is 0.351 e. The van der Waals surface area contributed by atoms with Gasteiger partial charge in [-0.2, -0.15) is 17.5 Å². The minimum absolute atomic E-state index is 0.0970. The second kappa shape index (κ2) is 5.56. The number of rotatable bonds is 2. The molecule has 0 saturated carbocycles. The number of aromatic amines is 1. The molecule has 11 heteroatoms. The number of H-pyrrole nitrogens is 1. The van der Waals surface area contributed by atoms with Gasteiger partial charge in [-0.25, -0.2) is 18.4 Å². The number of halogens is 3. The molecule has 0 amide bonds. The molecule has 0 bridgehead atoms. The molecule has 136 valence electrons. The minimum atomic E-state index is -5.32. The van der Waals surface area contributed by atoms with Gasteiger partial charge in [0.05, 0.1) is 5.39 Å². The van der Waals surface area contributed by atoms with Gasteiger partial charge in [-0.1, -0.05) is 0 Å². The molecule has 0 aromatic carbocycles. The highest BCUT2D eigenvalue weighted by Crippen LogP contribution is 2.39. The fraction of sp³-hybridized carbons (Fsp3) is 0.571. The zero-order valence-electron chi connectivity index (χ0n) is 13.1. The number of piperidine rings is 1. The summed E-state index contributed by atoms with van der Waals surface area (Å²) in [5, 5.41) is 0.777. The van der Waals surface area contributed by atoms with Crippen molar-refractivity contribution in [3.63, 3.8) is 0 Å². The molecule has 2 aromatic rings. The monoisotopic (exact) mass is 375 g/mol. The predicted octanol–water partition coefficient (Wildman–Crippen LogP) is 1.85. The van der Waals surface area contributed by atoms with Gasteiger partial charge >= 0.3 is 15.5 Å². The number of hydrogen-bond donors (Lipinski definition) is 1. The van der Waals surface area contributed by atoms with Crippen LogP contribution < -0.4 is 4.90 Å². The lowest BCUT2D eigenvalue weighted by atomic mass is 9.99. The first-order valence-electron chi connectivity index (χ1n) is 7.93. The van der Waals surface area contributed by atoms with Gasteiger partial charge in [0.1, 0.15) is 17.8 Å². The molecule has 2 aliphatic heterocycles. The zero-order chi connectivity index (χ0) is 17.8. The summed E-state index contributed by atoms with van der Waals surface area (Å²) in [6, 6.07) is 0.800. The molecule has 0 unspecified atom stereocenters. The Morgan fingerprint density at radius 1 is 1.16 bits per heavy atom. The number of nitrogens with zero attached hydrogens (tertiary/aromatic N) is 4. The summed E-state index contributed by atoms with van der Waals surface area (Å²) in [5.41, 5.74) is -4.63. The lowest BCUT2D eigenvalue weighted by Crippen LogP contribution is -2.55. The van der Waals surface area contributed by atoms with Crippen LogP contribution >= 0.6 is 0 Å². The summed E-state index contributed by atoms with van der Waals surface area (Å²) in [5.74, 6) is 0.630. The molecule has 2 saturated heterocycles. The van der Waals surface area contributed by atoms with Crippen LogP contribution in [0.4, 0.5) is 19.0 Å². The first kappa shape index (κ1) is 16.6. The Bertz CT molecular complexity index is 897. The van der Waals surface area contributed by atoms with Crippen molar-refractivity contribution in [2.24, 2.45) is 0 Å². The molecule has 0 radical (unpaired) electrons. The van der Waals surface area contributed by atoms with Gasteiger partial charge in [-0.15, -0.1) is 0 Å². The SMILES string of the molecule is O=S(=O)(N1CCC[C@@H]2[C@H]1CCN2c1ncnc2[nH]ccc12)C(F)(F)F. The average molecular weight is 375 g/mol. The quantitative estimate of drug-likeness (QED) is 0.866. The fourth-order valence-electron chi connectivity index (χ4n) is 3.93. The van der Waals surface area contributed by atoms with E-state index in [9.17, 15) is 21.6 Å². The predicted molar refractivity (Wildman–Crippen MR) is 84.3 cm³/mol. The molecular formula is C14H16F3N5O2S. The molecule has 25 heavy (non-hydrogen) atoms. The van der Waals surface area contributed by atoms with Gasteiger partial charge in [0.2, 0.25) is 0 Å². The Morgan fingerprint density at radius 3 is 2.72 bits per heavy atom. The molecule has 2 aliphatic rings. The van der Waals surface area contributed by atoms with Crippen molar-refractivity contribution >= 4 is 26.9 Å². The van der Waals surface area contributed by atoms with Gasteiger partial charge in [0.25, 0.3) is 0 Å². The van der Waals surface area contributed by atoms with Gasteiger partial charge in [-0.05, 0) is 25.3 Å². The molecule has 4 heterocycles. The third-order valence-electron chi connectivity index (χ3n) is 4.96. The molecule has 2 atom stereocenters. The Labute approximate surface area is 141 Å². The van der Waals surface area contributed by atoms with E-state index in [1.54, 1.807) is 6.20 Å². The van der Waals surface area contributed by atoms with E-state index in [0.29, 0.717) is 41.6 Å². The zero-order valence-corrected chi connectivity index (χ0v) is 13.9. The number of hydrogen-bond acceptors (Lipinski definition) is 5. The van der Waals surface area contributed by atoms with Crippen molar-refractivity contribution in [3.05, 3.63) is 18.6 Å². The standard InChI is InChI=1S/C14H16F3N5O2S/c15-14(16,17)25(23,24)22-6-1-2-10-11(22)4-7-21(10)13-9-3-5-18-12(9)19-8-20-13/h3,5,8,10-11H,1-2,4,6-7H2,(H,18,19,20)/t10-,11-/m1/s1. The summed E-state index contributed by atoms with van der Waals surface area (Å²) in [4.78, 5) is 13.3. The van der Waals surface area contributed by atoms with Crippen LogP contribution in [-0.2, 0) is 10.0 Å². The maximum atomic E-state index is 13.0. The van der Waals surface area contributed by atoms with Crippen molar-refractivity contribution in [3.8, 4) is 0 Å². The van der Waals surface area contributed by atoms with Crippen LogP contribution in [0, 0.1) is 0 Å². The average Bonchev–Trinajstić information content (AvgIpc) is 3.19. The Hall–Kier alpha value is -1.88. The second-order valence-corrected chi connectivity index (χ2v) is 8.14. The Kier molecular flexibility index (Phi) is 3.69. The largest absolute Gasteiger partial charge is 0.511 e. The van der Waals surface area contributed by atoms with E-state index in [-0.39, 0.29) is 12.6 Å². The maximum Gasteiger partial charge on any atom is 0.511 e. The van der Waals surface area contributed by atoms with E-state index >= 15 is 0 Å². The second-order valence-electron chi connectivity index (χ2n) is 6.26. The van der Waals surface area contributed by atoms with Crippen LogP contribution in [0.5, 0.6) is 0 Å². The molecule has 0 spiro atoms. The van der Waals surface area contributed by atoms with Crippen molar-refractivity contribution in [2.75, 3.05) is 18.0 Å². The summed E-state index contributed by atoms with van der Waals surface area (Å²) in [6.45, 7) is 0.358. The first-order valence-corrected chi connectivity index (χ1v) is 9.37. The summed E-state index contributed by atoms with van der Waals surface area (Å²) >= 11 is 0. The maximum absolute atomic E-state index is 13.0. The van der Waals surface area contributed by atoms with Gasteiger partial charge in [-0.3, -0.25) is 0 Å². The van der Waals surface area contributed by atoms with Gasteiger partial charge in [0.15, 0.2) is 0 Å². The van der Waals surface area contributed by atoms with E-state index in [0.717, 1.165) is 5.39 Å². The highest BCUT2D eigenvalue weighted by atomic mass is 32.2. The van der Waals surface area contributed by atoms with Crippen molar-refractivity contribution in [2.45, 2.75) is 36.9 Å². The topological polar surface area (TPSA) is 82.2 Å². The normalized spacial score (nSPS) is 25.5. The van der Waals surface area contributed by atoms with Crippen LogP contribution in [-0.4, -0.2) is 58.4 Å². The van der Waals surface area contributed by atoms with Crippen LogP contribution in [0.1, 0.15) is 19.3 Å². The highest BCUT2D eigenvalue weighted by molar-refractivity contribution is 7.90. The van der Waals surface area contributed by atoms with Crippen LogP contribution in [0.25, 0.3) is 11.0 Å². The lowest BCUT2D eigenvalue weighted by molar-refractivity contribution is -0.0508. The number of alkyl halides is 3. The molecule has 0 aliphatic carbocycles. The van der Waals surface area contributed by atoms with E-state index in [4.69, 9.17) is 0 Å². The van der Waals surface area contributed by atoms with Crippen molar-refractivity contribution < 1.29 is 21.6 Å². The molecule has 2 aromatic heterocycles. The Balaban J connectivity index is 1.69. The number of fused-ring (bicyclic) bond motifs is 2. The summed E-state index contributed by atoms with van der Waals surface area (Å²) in [7, 11) is -5.32. The third kappa shape index (κ3) is 2.48. The number of aromatic nitrogens is 3. The highest BCUT2D eigenvalue weighted by Gasteiger charge is 2.55. The van der Waals surface area contributed by atoms with Crippen LogP contribution in [0.3, 0.4) is 0 Å². The summed E-state index contributed by atoms with van der Waals surface area (Å²) in [6.07, 6.45) is 4.47. The van der Waals surface area contributed by atoms with E-state index in [2.05, 4.69) is 15.0 Å². The third-order valence-corrected chi connectivity index (χ3v) is 6.62. The van der Waals surface area contributed by atoms with Gasteiger partial charge < -0.3 is 9.88 Å². The molecule has 7 nitrogen and oxygen atoms in total. The van der Waals surface area contributed by atoms with Crippen LogP contribution in [0.15, 0.2) is 18.6 Å². The van der Waals surface area contributed by atoms with E-state index in [1.807, 2.05) is 11.0 Å². The fourth-order valence-corrected chi connectivity index (χ4v) is 5.16. The van der Waals surface area contributed by atoms with Crippen molar-refractivity contribution in [1.82, 2.24) is 19.3 Å². The van der Waals surface area contributed by atoms with Crippen molar-refractivity contribution in [1.29, 1.82) is 0 Å².